The fraction of sp³-hybridized carbons (Fsp3) is 0.364. The SMILES string of the molecule is OC[C@@H]1c2ccccc2CCN1c1nc(-c2cccnc2)nc(N2CCOCC2)n1. The average molecular weight is 404 g/mol. The van der Waals surface area contributed by atoms with Crippen LogP contribution in [0, 0.1) is 0 Å². The Labute approximate surface area is 175 Å². The van der Waals surface area contributed by atoms with Crippen molar-refractivity contribution in [1.82, 2.24) is 19.9 Å². The van der Waals surface area contributed by atoms with Gasteiger partial charge in [0.1, 0.15) is 0 Å². The zero-order valence-corrected chi connectivity index (χ0v) is 16.7. The van der Waals surface area contributed by atoms with Gasteiger partial charge in [-0.1, -0.05) is 24.3 Å². The summed E-state index contributed by atoms with van der Waals surface area (Å²) in [7, 11) is 0. The highest BCUT2D eigenvalue weighted by molar-refractivity contribution is 5.58. The van der Waals surface area contributed by atoms with Gasteiger partial charge in [-0.25, -0.2) is 0 Å². The van der Waals surface area contributed by atoms with Crippen LogP contribution in [0.3, 0.4) is 0 Å². The first kappa shape index (κ1) is 18.9. The van der Waals surface area contributed by atoms with Crippen molar-refractivity contribution in [3.63, 3.8) is 0 Å². The summed E-state index contributed by atoms with van der Waals surface area (Å²) >= 11 is 0. The Kier molecular flexibility index (Phi) is 5.25. The van der Waals surface area contributed by atoms with Crippen LogP contribution in [-0.4, -0.2) is 64.5 Å². The van der Waals surface area contributed by atoms with Gasteiger partial charge in [0.25, 0.3) is 0 Å². The molecule has 0 bridgehead atoms. The molecule has 0 unspecified atom stereocenters. The second kappa shape index (κ2) is 8.33. The number of aliphatic hydroxyl groups excluding tert-OH is 1. The van der Waals surface area contributed by atoms with E-state index in [1.54, 1.807) is 12.4 Å². The van der Waals surface area contributed by atoms with Crippen LogP contribution >= 0.6 is 0 Å². The third-order valence-corrected chi connectivity index (χ3v) is 5.67. The zero-order chi connectivity index (χ0) is 20.3. The molecule has 2 aromatic heterocycles. The molecule has 30 heavy (non-hydrogen) atoms. The number of aliphatic hydroxyl groups is 1. The molecule has 0 aliphatic carbocycles. The minimum absolute atomic E-state index is 0.00217. The van der Waals surface area contributed by atoms with E-state index in [9.17, 15) is 5.11 Å². The summed E-state index contributed by atoms with van der Waals surface area (Å²) in [5.74, 6) is 1.81. The molecule has 3 aromatic rings. The van der Waals surface area contributed by atoms with Crippen molar-refractivity contribution in [3.8, 4) is 11.4 Å². The van der Waals surface area contributed by atoms with Gasteiger partial charge < -0.3 is 19.6 Å². The summed E-state index contributed by atoms with van der Waals surface area (Å²) in [6.07, 6.45) is 4.38. The topological polar surface area (TPSA) is 87.5 Å². The minimum atomic E-state index is -0.184. The number of morpholine rings is 1. The highest BCUT2D eigenvalue weighted by atomic mass is 16.5. The monoisotopic (exact) mass is 404 g/mol. The van der Waals surface area contributed by atoms with E-state index in [1.165, 1.54) is 5.56 Å². The third kappa shape index (κ3) is 3.59. The molecule has 5 rings (SSSR count). The Morgan fingerprint density at radius 1 is 0.967 bits per heavy atom. The minimum Gasteiger partial charge on any atom is -0.394 e. The van der Waals surface area contributed by atoms with Gasteiger partial charge in [-0.05, 0) is 29.7 Å². The second-order valence-corrected chi connectivity index (χ2v) is 7.44. The molecule has 1 fully saturated rings. The van der Waals surface area contributed by atoms with Gasteiger partial charge in [-0.2, -0.15) is 15.0 Å². The van der Waals surface area contributed by atoms with Gasteiger partial charge in [0.05, 0.1) is 25.9 Å². The lowest BCUT2D eigenvalue weighted by molar-refractivity contribution is 0.122. The van der Waals surface area contributed by atoms with E-state index in [1.807, 2.05) is 24.3 Å². The van der Waals surface area contributed by atoms with Crippen molar-refractivity contribution < 1.29 is 9.84 Å². The van der Waals surface area contributed by atoms with E-state index < -0.39 is 0 Å². The molecular formula is C22H24N6O2. The van der Waals surface area contributed by atoms with Crippen LogP contribution in [0.1, 0.15) is 17.2 Å². The van der Waals surface area contributed by atoms with Crippen molar-refractivity contribution in [3.05, 3.63) is 59.9 Å². The quantitative estimate of drug-likeness (QED) is 0.705. The maximum absolute atomic E-state index is 10.2. The molecule has 2 aliphatic rings. The molecule has 0 spiro atoms. The third-order valence-electron chi connectivity index (χ3n) is 5.67. The zero-order valence-electron chi connectivity index (χ0n) is 16.7. The van der Waals surface area contributed by atoms with Crippen LogP contribution in [0.4, 0.5) is 11.9 Å². The molecule has 1 atom stereocenters. The lowest BCUT2D eigenvalue weighted by atomic mass is 9.93. The smallest absolute Gasteiger partial charge is 0.231 e. The number of hydrogen-bond acceptors (Lipinski definition) is 8. The summed E-state index contributed by atoms with van der Waals surface area (Å²) in [6.45, 7) is 3.52. The Bertz CT molecular complexity index is 1010. The normalized spacial score (nSPS) is 18.9. The van der Waals surface area contributed by atoms with Gasteiger partial charge in [-0.3, -0.25) is 4.98 Å². The molecule has 2 aliphatic heterocycles. The number of nitrogens with zero attached hydrogens (tertiary/aromatic N) is 6. The fourth-order valence-corrected chi connectivity index (χ4v) is 4.10. The van der Waals surface area contributed by atoms with Crippen molar-refractivity contribution in [2.75, 3.05) is 49.3 Å². The summed E-state index contributed by atoms with van der Waals surface area (Å²) < 4.78 is 5.49. The highest BCUT2D eigenvalue weighted by Crippen LogP contribution is 2.33. The molecule has 0 radical (unpaired) electrons. The van der Waals surface area contributed by atoms with E-state index in [0.29, 0.717) is 30.9 Å². The molecule has 1 aromatic carbocycles. The van der Waals surface area contributed by atoms with E-state index in [2.05, 4.69) is 26.9 Å². The van der Waals surface area contributed by atoms with E-state index in [-0.39, 0.29) is 12.6 Å². The number of hydrogen-bond donors (Lipinski definition) is 1. The Morgan fingerprint density at radius 2 is 1.80 bits per heavy atom. The lowest BCUT2D eigenvalue weighted by Crippen LogP contribution is -2.40. The predicted molar refractivity (Wildman–Crippen MR) is 113 cm³/mol. The van der Waals surface area contributed by atoms with E-state index >= 15 is 0 Å². The van der Waals surface area contributed by atoms with Crippen LogP contribution in [0.25, 0.3) is 11.4 Å². The summed E-state index contributed by atoms with van der Waals surface area (Å²) in [4.78, 5) is 22.8. The van der Waals surface area contributed by atoms with Gasteiger partial charge in [0.15, 0.2) is 5.82 Å². The summed E-state index contributed by atoms with van der Waals surface area (Å²) in [5, 5.41) is 10.2. The van der Waals surface area contributed by atoms with Gasteiger partial charge >= 0.3 is 0 Å². The standard InChI is InChI=1S/C22H24N6O2/c29-15-19-18-6-2-1-4-16(18)7-9-28(19)22-25-20(17-5-3-8-23-14-17)24-21(26-22)27-10-12-30-13-11-27/h1-6,8,14,19,29H,7,9-13,15H2/t19-/m1/s1. The molecule has 1 saturated heterocycles. The number of benzene rings is 1. The van der Waals surface area contributed by atoms with Crippen LogP contribution in [0.15, 0.2) is 48.8 Å². The van der Waals surface area contributed by atoms with Gasteiger partial charge in [0, 0.05) is 37.6 Å². The van der Waals surface area contributed by atoms with Gasteiger partial charge in [-0.15, -0.1) is 0 Å². The number of anilines is 2. The van der Waals surface area contributed by atoms with Gasteiger partial charge in [0.2, 0.25) is 11.9 Å². The maximum Gasteiger partial charge on any atom is 0.231 e. The number of ether oxygens (including phenoxy) is 1. The molecule has 0 saturated carbocycles. The first-order valence-electron chi connectivity index (χ1n) is 10.3. The molecule has 154 valence electrons. The predicted octanol–water partition coefficient (Wildman–Crippen LogP) is 1.87. The Balaban J connectivity index is 1.58. The number of aromatic nitrogens is 4. The maximum atomic E-state index is 10.2. The summed E-state index contributed by atoms with van der Waals surface area (Å²) in [5.41, 5.74) is 3.24. The summed E-state index contributed by atoms with van der Waals surface area (Å²) in [6, 6.07) is 11.9. The van der Waals surface area contributed by atoms with Crippen LogP contribution < -0.4 is 9.80 Å². The Morgan fingerprint density at radius 3 is 2.60 bits per heavy atom. The molecule has 1 N–H and O–H groups in total. The molecular weight excluding hydrogens is 380 g/mol. The van der Waals surface area contributed by atoms with Crippen molar-refractivity contribution in [1.29, 1.82) is 0 Å². The van der Waals surface area contributed by atoms with Crippen LogP contribution in [-0.2, 0) is 11.2 Å². The van der Waals surface area contributed by atoms with Crippen molar-refractivity contribution >= 4 is 11.9 Å². The lowest BCUT2D eigenvalue weighted by Gasteiger charge is -2.37. The molecule has 0 amide bonds. The largest absolute Gasteiger partial charge is 0.394 e. The molecule has 8 heteroatoms. The molecule has 8 nitrogen and oxygen atoms in total. The number of pyridine rings is 1. The van der Waals surface area contributed by atoms with E-state index in [0.717, 1.165) is 37.2 Å². The number of fused-ring (bicyclic) bond motifs is 1. The van der Waals surface area contributed by atoms with E-state index in [4.69, 9.17) is 19.7 Å². The van der Waals surface area contributed by atoms with Crippen LogP contribution in [0.2, 0.25) is 0 Å². The van der Waals surface area contributed by atoms with Crippen molar-refractivity contribution in [2.24, 2.45) is 0 Å². The first-order chi connectivity index (χ1) is 14.8. The Hall–Kier alpha value is -3.10. The molecule has 4 heterocycles. The second-order valence-electron chi connectivity index (χ2n) is 7.44. The average Bonchev–Trinajstić information content (AvgIpc) is 2.84. The first-order valence-corrected chi connectivity index (χ1v) is 10.3. The van der Waals surface area contributed by atoms with Crippen molar-refractivity contribution in [2.45, 2.75) is 12.5 Å². The number of rotatable bonds is 4. The highest BCUT2D eigenvalue weighted by Gasteiger charge is 2.30. The van der Waals surface area contributed by atoms with Crippen LogP contribution in [0.5, 0.6) is 0 Å². The fourth-order valence-electron chi connectivity index (χ4n) is 4.10.